The van der Waals surface area contributed by atoms with Crippen molar-refractivity contribution in [2.45, 2.75) is 24.7 Å². The molecule has 0 spiro atoms. The zero-order valence-corrected chi connectivity index (χ0v) is 15.9. The number of hydrogen-bond donors (Lipinski definition) is 1. The first-order valence-electron chi connectivity index (χ1n) is 8.88. The molecule has 0 saturated carbocycles. The van der Waals surface area contributed by atoms with Crippen LogP contribution in [0.1, 0.15) is 24.3 Å². The third kappa shape index (κ3) is 3.66. The van der Waals surface area contributed by atoms with Gasteiger partial charge in [0.05, 0.1) is 0 Å². The van der Waals surface area contributed by atoms with E-state index in [1.165, 1.54) is 17.3 Å². The topological polar surface area (TPSA) is 59.9 Å². The molecular formula is C21H20N4OS. The van der Waals surface area contributed by atoms with E-state index in [2.05, 4.69) is 58.3 Å². The molecule has 0 amide bonds. The average Bonchev–Trinajstić information content (AvgIpc) is 2.88. The van der Waals surface area contributed by atoms with Gasteiger partial charge < -0.3 is 10.1 Å². The van der Waals surface area contributed by atoms with Crippen LogP contribution in [-0.4, -0.2) is 20.9 Å². The molecule has 0 radical (unpaired) electrons. The maximum absolute atomic E-state index is 6.26. The van der Waals surface area contributed by atoms with Gasteiger partial charge in [0.15, 0.2) is 11.9 Å². The first kappa shape index (κ1) is 17.5. The molecule has 0 saturated heterocycles. The van der Waals surface area contributed by atoms with Gasteiger partial charge in [-0.3, -0.25) is 0 Å². The van der Waals surface area contributed by atoms with Gasteiger partial charge in [0.25, 0.3) is 0 Å². The summed E-state index contributed by atoms with van der Waals surface area (Å²) < 4.78 is 6.26. The SMILES string of the molecule is C=CCSc1nnc2c(n1)O[C@H](c1ccc(CC)cc1)Nc1ccccc1-2. The summed E-state index contributed by atoms with van der Waals surface area (Å²) in [7, 11) is 0. The fraction of sp³-hybridized carbons (Fsp3) is 0.190. The lowest BCUT2D eigenvalue weighted by Crippen LogP contribution is -2.17. The molecule has 0 bridgehead atoms. The highest BCUT2D eigenvalue weighted by molar-refractivity contribution is 7.99. The molecule has 2 heterocycles. The molecule has 1 atom stereocenters. The van der Waals surface area contributed by atoms with Crippen LogP contribution in [0.4, 0.5) is 5.69 Å². The number of thioether (sulfide) groups is 1. The lowest BCUT2D eigenvalue weighted by atomic mass is 10.1. The third-order valence-electron chi connectivity index (χ3n) is 4.35. The summed E-state index contributed by atoms with van der Waals surface area (Å²) >= 11 is 1.48. The van der Waals surface area contributed by atoms with Crippen molar-refractivity contribution in [3.05, 3.63) is 72.3 Å². The van der Waals surface area contributed by atoms with Gasteiger partial charge in [-0.1, -0.05) is 67.2 Å². The predicted molar refractivity (Wildman–Crippen MR) is 109 cm³/mol. The molecule has 0 fully saturated rings. The number of benzene rings is 2. The highest BCUT2D eigenvalue weighted by Gasteiger charge is 2.25. The molecule has 6 heteroatoms. The number of ether oxygens (including phenoxy) is 1. The van der Waals surface area contributed by atoms with Gasteiger partial charge >= 0.3 is 0 Å². The smallest absolute Gasteiger partial charge is 0.247 e. The molecular weight excluding hydrogens is 356 g/mol. The molecule has 27 heavy (non-hydrogen) atoms. The molecule has 1 N–H and O–H groups in total. The molecule has 5 nitrogen and oxygen atoms in total. The van der Waals surface area contributed by atoms with Gasteiger partial charge in [-0.25, -0.2) is 0 Å². The van der Waals surface area contributed by atoms with Crippen LogP contribution in [0.25, 0.3) is 11.3 Å². The van der Waals surface area contributed by atoms with Gasteiger partial charge in [0.1, 0.15) is 0 Å². The Bertz CT molecular complexity index is 959. The fourth-order valence-corrected chi connectivity index (χ4v) is 3.43. The van der Waals surface area contributed by atoms with E-state index in [1.54, 1.807) is 0 Å². The Hall–Kier alpha value is -2.86. The van der Waals surface area contributed by atoms with Crippen molar-refractivity contribution in [2.24, 2.45) is 0 Å². The Morgan fingerprint density at radius 3 is 2.74 bits per heavy atom. The van der Waals surface area contributed by atoms with Crippen LogP contribution < -0.4 is 10.1 Å². The van der Waals surface area contributed by atoms with Crippen LogP contribution in [0.2, 0.25) is 0 Å². The molecule has 2 aromatic carbocycles. The highest BCUT2D eigenvalue weighted by atomic mass is 32.2. The zero-order chi connectivity index (χ0) is 18.6. The van der Waals surface area contributed by atoms with Crippen molar-refractivity contribution in [1.82, 2.24) is 15.2 Å². The largest absolute Gasteiger partial charge is 0.448 e. The maximum atomic E-state index is 6.26. The summed E-state index contributed by atoms with van der Waals surface area (Å²) in [5, 5.41) is 12.7. The lowest BCUT2D eigenvalue weighted by Gasteiger charge is -2.19. The van der Waals surface area contributed by atoms with Crippen LogP contribution in [0.15, 0.2) is 66.3 Å². The summed E-state index contributed by atoms with van der Waals surface area (Å²) in [6.07, 6.45) is 2.47. The summed E-state index contributed by atoms with van der Waals surface area (Å²) in [5.74, 6) is 1.20. The standard InChI is InChI=1S/C21H20N4OS/c1-3-13-27-21-23-20-18(24-25-21)16-7-5-6-8-17(16)22-19(26-20)15-11-9-14(4-2)10-12-15/h3,5-12,19,22H,1,4,13H2,2H3/t19-/m1/s1. The second-order valence-corrected chi connectivity index (χ2v) is 7.12. The van der Waals surface area contributed by atoms with E-state index in [0.717, 1.165) is 29.0 Å². The Morgan fingerprint density at radius 1 is 1.15 bits per heavy atom. The third-order valence-corrected chi connectivity index (χ3v) is 5.19. The van der Waals surface area contributed by atoms with E-state index in [0.29, 0.717) is 16.7 Å². The predicted octanol–water partition coefficient (Wildman–Crippen LogP) is 4.88. The summed E-state index contributed by atoms with van der Waals surface area (Å²) in [5.41, 5.74) is 4.85. The minimum atomic E-state index is -0.354. The second-order valence-electron chi connectivity index (χ2n) is 6.13. The quantitative estimate of drug-likeness (QED) is 0.506. The second kappa shape index (κ2) is 7.80. The first-order chi connectivity index (χ1) is 13.3. The Balaban J connectivity index is 1.76. The van der Waals surface area contributed by atoms with Crippen molar-refractivity contribution < 1.29 is 4.74 Å². The van der Waals surface area contributed by atoms with E-state index >= 15 is 0 Å². The Labute approximate surface area is 162 Å². The van der Waals surface area contributed by atoms with E-state index in [4.69, 9.17) is 4.74 Å². The van der Waals surface area contributed by atoms with Gasteiger partial charge in [0, 0.05) is 22.6 Å². The number of hydrogen-bond acceptors (Lipinski definition) is 6. The van der Waals surface area contributed by atoms with E-state index in [9.17, 15) is 0 Å². The van der Waals surface area contributed by atoms with Crippen molar-refractivity contribution in [1.29, 1.82) is 0 Å². The number of fused-ring (bicyclic) bond motifs is 3. The summed E-state index contributed by atoms with van der Waals surface area (Å²) in [4.78, 5) is 4.60. The number of aromatic nitrogens is 3. The Kier molecular flexibility index (Phi) is 5.07. The van der Waals surface area contributed by atoms with Crippen LogP contribution in [-0.2, 0) is 6.42 Å². The molecule has 1 aromatic heterocycles. The van der Waals surface area contributed by atoms with Crippen molar-refractivity contribution in [2.75, 3.05) is 11.1 Å². The molecule has 1 aliphatic rings. The van der Waals surface area contributed by atoms with Gasteiger partial charge in [-0.05, 0) is 18.1 Å². The van der Waals surface area contributed by atoms with Gasteiger partial charge in [-0.15, -0.1) is 16.8 Å². The van der Waals surface area contributed by atoms with E-state index in [1.807, 2.05) is 30.3 Å². The van der Waals surface area contributed by atoms with Crippen molar-refractivity contribution in [3.63, 3.8) is 0 Å². The highest BCUT2D eigenvalue weighted by Crippen LogP contribution is 2.39. The first-order valence-corrected chi connectivity index (χ1v) is 9.87. The van der Waals surface area contributed by atoms with Crippen LogP contribution in [0.5, 0.6) is 5.88 Å². The number of aryl methyl sites for hydroxylation is 1. The molecule has 4 rings (SSSR count). The number of nitrogens with one attached hydrogen (secondary N) is 1. The summed E-state index contributed by atoms with van der Waals surface area (Å²) in [6.45, 7) is 5.88. The number of para-hydroxylation sites is 1. The van der Waals surface area contributed by atoms with E-state index < -0.39 is 0 Å². The molecule has 0 unspecified atom stereocenters. The fourth-order valence-electron chi connectivity index (χ4n) is 2.92. The number of anilines is 1. The maximum Gasteiger partial charge on any atom is 0.247 e. The van der Waals surface area contributed by atoms with Crippen molar-refractivity contribution in [3.8, 4) is 17.1 Å². The van der Waals surface area contributed by atoms with Crippen LogP contribution in [0, 0.1) is 0 Å². The summed E-state index contributed by atoms with van der Waals surface area (Å²) in [6, 6.07) is 16.4. The number of nitrogens with zero attached hydrogens (tertiary/aromatic N) is 3. The normalized spacial score (nSPS) is 14.9. The minimum Gasteiger partial charge on any atom is -0.448 e. The van der Waals surface area contributed by atoms with Crippen LogP contribution >= 0.6 is 11.8 Å². The van der Waals surface area contributed by atoms with Gasteiger partial charge in [-0.2, -0.15) is 4.98 Å². The lowest BCUT2D eigenvalue weighted by molar-refractivity contribution is 0.225. The van der Waals surface area contributed by atoms with Crippen LogP contribution in [0.3, 0.4) is 0 Å². The average molecular weight is 376 g/mol. The number of rotatable bonds is 5. The van der Waals surface area contributed by atoms with E-state index in [-0.39, 0.29) is 6.23 Å². The van der Waals surface area contributed by atoms with Gasteiger partial charge in [0.2, 0.25) is 11.0 Å². The Morgan fingerprint density at radius 2 is 1.96 bits per heavy atom. The zero-order valence-electron chi connectivity index (χ0n) is 15.1. The molecule has 3 aromatic rings. The molecule has 1 aliphatic heterocycles. The molecule has 0 aliphatic carbocycles. The van der Waals surface area contributed by atoms with Crippen molar-refractivity contribution >= 4 is 17.4 Å². The monoisotopic (exact) mass is 376 g/mol. The molecule has 136 valence electrons. The minimum absolute atomic E-state index is 0.354.